The molecule has 1 aromatic carbocycles. The minimum absolute atomic E-state index is 0.251. The quantitative estimate of drug-likeness (QED) is 0.672. The maximum absolute atomic E-state index is 12.4. The SMILES string of the molecule is COC(=O)C1(C(=O)Nc2cc(C)ccc2C)CCC1. The molecule has 1 N–H and O–H groups in total. The Morgan fingerprint density at radius 3 is 2.47 bits per heavy atom. The van der Waals surface area contributed by atoms with E-state index in [1.807, 2.05) is 32.0 Å². The number of ether oxygens (including phenoxy) is 1. The fraction of sp³-hybridized carbons (Fsp3) is 0.467. The lowest BCUT2D eigenvalue weighted by Crippen LogP contribution is -2.48. The lowest BCUT2D eigenvalue weighted by Gasteiger charge is -2.37. The van der Waals surface area contributed by atoms with Crippen LogP contribution in [0.2, 0.25) is 0 Å². The minimum Gasteiger partial charge on any atom is -0.468 e. The van der Waals surface area contributed by atoms with E-state index < -0.39 is 11.4 Å². The van der Waals surface area contributed by atoms with Gasteiger partial charge in [0, 0.05) is 5.69 Å². The first-order valence-electron chi connectivity index (χ1n) is 6.47. The molecule has 1 amide bonds. The van der Waals surface area contributed by atoms with Gasteiger partial charge < -0.3 is 10.1 Å². The van der Waals surface area contributed by atoms with E-state index in [1.54, 1.807) is 0 Å². The maximum Gasteiger partial charge on any atom is 0.321 e. The van der Waals surface area contributed by atoms with Gasteiger partial charge >= 0.3 is 5.97 Å². The number of benzene rings is 1. The Hall–Kier alpha value is -1.84. The van der Waals surface area contributed by atoms with Gasteiger partial charge in [-0.05, 0) is 43.9 Å². The van der Waals surface area contributed by atoms with Crippen LogP contribution in [0.4, 0.5) is 5.69 Å². The van der Waals surface area contributed by atoms with E-state index in [1.165, 1.54) is 7.11 Å². The van der Waals surface area contributed by atoms with Crippen molar-refractivity contribution in [1.29, 1.82) is 0 Å². The average molecular weight is 261 g/mol. The zero-order valence-electron chi connectivity index (χ0n) is 11.6. The lowest BCUT2D eigenvalue weighted by molar-refractivity contribution is -0.163. The van der Waals surface area contributed by atoms with E-state index in [2.05, 4.69) is 5.32 Å². The second kappa shape index (κ2) is 5.03. The number of nitrogens with one attached hydrogen (secondary N) is 1. The Kier molecular flexibility index (Phi) is 3.60. The van der Waals surface area contributed by atoms with Gasteiger partial charge in [0.25, 0.3) is 0 Å². The van der Waals surface area contributed by atoms with Gasteiger partial charge in [-0.3, -0.25) is 9.59 Å². The average Bonchev–Trinajstić information content (AvgIpc) is 2.32. The molecule has 0 aliphatic heterocycles. The summed E-state index contributed by atoms with van der Waals surface area (Å²) in [5, 5.41) is 2.87. The third-order valence-corrected chi connectivity index (χ3v) is 3.86. The second-order valence-electron chi connectivity index (χ2n) is 5.20. The van der Waals surface area contributed by atoms with Gasteiger partial charge in [0.2, 0.25) is 5.91 Å². The summed E-state index contributed by atoms with van der Waals surface area (Å²) in [6.07, 6.45) is 2.02. The number of rotatable bonds is 3. The topological polar surface area (TPSA) is 55.4 Å². The molecule has 4 heteroatoms. The minimum atomic E-state index is -0.981. The number of hydrogen-bond donors (Lipinski definition) is 1. The molecule has 0 radical (unpaired) electrons. The zero-order valence-corrected chi connectivity index (χ0v) is 11.6. The number of carbonyl (C=O) groups excluding carboxylic acids is 2. The third-order valence-electron chi connectivity index (χ3n) is 3.86. The third kappa shape index (κ3) is 2.35. The van der Waals surface area contributed by atoms with Gasteiger partial charge in [-0.2, -0.15) is 0 Å². The number of hydrogen-bond acceptors (Lipinski definition) is 3. The summed E-state index contributed by atoms with van der Waals surface area (Å²) in [7, 11) is 1.33. The predicted molar refractivity (Wildman–Crippen MR) is 72.8 cm³/mol. The van der Waals surface area contributed by atoms with Crippen molar-refractivity contribution in [3.05, 3.63) is 29.3 Å². The fourth-order valence-electron chi connectivity index (χ4n) is 2.36. The molecule has 0 unspecified atom stereocenters. The monoisotopic (exact) mass is 261 g/mol. The van der Waals surface area contributed by atoms with Crippen LogP contribution in [0.15, 0.2) is 18.2 Å². The van der Waals surface area contributed by atoms with Crippen LogP contribution in [0.1, 0.15) is 30.4 Å². The van der Waals surface area contributed by atoms with Crippen LogP contribution in [0, 0.1) is 19.3 Å². The van der Waals surface area contributed by atoms with Crippen molar-refractivity contribution in [2.75, 3.05) is 12.4 Å². The normalized spacial score (nSPS) is 16.4. The van der Waals surface area contributed by atoms with Crippen molar-refractivity contribution in [3.8, 4) is 0 Å². The number of methoxy groups -OCH3 is 1. The van der Waals surface area contributed by atoms with E-state index in [0.717, 1.165) is 23.2 Å². The first kappa shape index (κ1) is 13.6. The number of carbonyl (C=O) groups is 2. The Morgan fingerprint density at radius 1 is 1.26 bits per heavy atom. The molecule has 1 aromatic rings. The highest BCUT2D eigenvalue weighted by molar-refractivity contribution is 6.09. The van der Waals surface area contributed by atoms with E-state index >= 15 is 0 Å². The molecule has 0 atom stereocenters. The van der Waals surface area contributed by atoms with Crippen molar-refractivity contribution in [3.63, 3.8) is 0 Å². The van der Waals surface area contributed by atoms with Crippen molar-refractivity contribution < 1.29 is 14.3 Å². The summed E-state index contributed by atoms with van der Waals surface area (Å²) >= 11 is 0. The van der Waals surface area contributed by atoms with E-state index in [9.17, 15) is 9.59 Å². The van der Waals surface area contributed by atoms with Crippen LogP contribution in [0.3, 0.4) is 0 Å². The van der Waals surface area contributed by atoms with E-state index in [-0.39, 0.29) is 5.91 Å². The molecule has 0 saturated heterocycles. The molecule has 1 aliphatic rings. The Labute approximate surface area is 113 Å². The molecule has 0 bridgehead atoms. The Bertz CT molecular complexity index is 518. The fourth-order valence-corrected chi connectivity index (χ4v) is 2.36. The van der Waals surface area contributed by atoms with Crippen LogP contribution in [0.5, 0.6) is 0 Å². The molecule has 0 heterocycles. The number of anilines is 1. The van der Waals surface area contributed by atoms with Crippen molar-refractivity contribution in [2.24, 2.45) is 5.41 Å². The summed E-state index contributed by atoms with van der Waals surface area (Å²) in [5.41, 5.74) is 1.84. The summed E-state index contributed by atoms with van der Waals surface area (Å²) in [6, 6.07) is 5.86. The smallest absolute Gasteiger partial charge is 0.321 e. The molecular weight excluding hydrogens is 242 g/mol. The largest absolute Gasteiger partial charge is 0.468 e. The predicted octanol–water partition coefficient (Wildman–Crippen LogP) is 2.59. The maximum atomic E-state index is 12.4. The first-order valence-corrected chi connectivity index (χ1v) is 6.47. The molecule has 0 aromatic heterocycles. The highest BCUT2D eigenvalue weighted by Crippen LogP contribution is 2.43. The van der Waals surface area contributed by atoms with Gasteiger partial charge in [0.1, 0.15) is 5.41 Å². The van der Waals surface area contributed by atoms with Gasteiger partial charge in [-0.25, -0.2) is 0 Å². The summed E-state index contributed by atoms with van der Waals surface area (Å²) in [5.74, 6) is -0.680. The van der Waals surface area contributed by atoms with E-state index in [0.29, 0.717) is 12.8 Å². The van der Waals surface area contributed by atoms with Gasteiger partial charge in [-0.1, -0.05) is 18.6 Å². The molecule has 102 valence electrons. The number of aryl methyl sites for hydroxylation is 2. The van der Waals surface area contributed by atoms with Crippen molar-refractivity contribution in [1.82, 2.24) is 0 Å². The lowest BCUT2D eigenvalue weighted by atomic mass is 9.68. The summed E-state index contributed by atoms with van der Waals surface area (Å²) < 4.78 is 4.77. The highest BCUT2D eigenvalue weighted by atomic mass is 16.5. The van der Waals surface area contributed by atoms with Crippen LogP contribution in [0.25, 0.3) is 0 Å². The molecule has 2 rings (SSSR count). The van der Waals surface area contributed by atoms with Crippen LogP contribution < -0.4 is 5.32 Å². The highest BCUT2D eigenvalue weighted by Gasteiger charge is 2.52. The van der Waals surface area contributed by atoms with Crippen LogP contribution in [-0.4, -0.2) is 19.0 Å². The van der Waals surface area contributed by atoms with Gasteiger partial charge in [-0.15, -0.1) is 0 Å². The molecule has 1 saturated carbocycles. The number of amides is 1. The number of esters is 1. The van der Waals surface area contributed by atoms with Crippen molar-refractivity contribution >= 4 is 17.6 Å². The van der Waals surface area contributed by atoms with Gasteiger partial charge in [0.05, 0.1) is 7.11 Å². The standard InChI is InChI=1S/C15H19NO3/c1-10-5-6-11(2)12(9-10)16-13(17)15(7-4-8-15)14(18)19-3/h5-6,9H,4,7-8H2,1-3H3,(H,16,17). The molecule has 1 fully saturated rings. The van der Waals surface area contributed by atoms with Crippen LogP contribution >= 0.6 is 0 Å². The second-order valence-corrected chi connectivity index (χ2v) is 5.20. The molecule has 0 spiro atoms. The summed E-state index contributed by atoms with van der Waals surface area (Å²) in [6.45, 7) is 3.90. The van der Waals surface area contributed by atoms with Gasteiger partial charge in [0.15, 0.2) is 0 Å². The Morgan fingerprint density at radius 2 is 1.95 bits per heavy atom. The van der Waals surface area contributed by atoms with E-state index in [4.69, 9.17) is 4.74 Å². The summed E-state index contributed by atoms with van der Waals surface area (Å²) in [4.78, 5) is 24.2. The molecule has 4 nitrogen and oxygen atoms in total. The Balaban J connectivity index is 2.21. The molecule has 19 heavy (non-hydrogen) atoms. The van der Waals surface area contributed by atoms with Crippen molar-refractivity contribution in [2.45, 2.75) is 33.1 Å². The molecular formula is C15H19NO3. The van der Waals surface area contributed by atoms with Crippen LogP contribution in [-0.2, 0) is 14.3 Å². The first-order chi connectivity index (χ1) is 8.99. The zero-order chi connectivity index (χ0) is 14.0. The molecule has 1 aliphatic carbocycles.